The van der Waals surface area contributed by atoms with E-state index in [4.69, 9.17) is 15.1 Å². The van der Waals surface area contributed by atoms with Crippen molar-refractivity contribution in [2.45, 2.75) is 26.4 Å². The predicted octanol–water partition coefficient (Wildman–Crippen LogP) is 5.89. The lowest BCUT2D eigenvalue weighted by atomic mass is 9.99. The summed E-state index contributed by atoms with van der Waals surface area (Å²) in [5.41, 5.74) is 7.65. The second-order valence-electron chi connectivity index (χ2n) is 9.75. The van der Waals surface area contributed by atoms with Gasteiger partial charge in [-0.1, -0.05) is 60.1 Å². The van der Waals surface area contributed by atoms with Crippen molar-refractivity contribution in [3.8, 4) is 0 Å². The smallest absolute Gasteiger partial charge is 0.297 e. The van der Waals surface area contributed by atoms with Crippen molar-refractivity contribution in [1.82, 2.24) is 14.5 Å². The molecule has 1 unspecified atom stereocenters. The molecule has 9 heteroatoms. The molecular weight excluding hydrogens is 563 g/mol. The number of carbonyl (C=O) groups excluding carboxylic acids is 1. The van der Waals surface area contributed by atoms with E-state index in [0.29, 0.717) is 22.4 Å². The number of fused-ring (bicyclic) bond motifs is 3. The summed E-state index contributed by atoms with van der Waals surface area (Å²) in [4.78, 5) is 34.5. The number of hydrogen-bond donors (Lipinski definition) is 1. The summed E-state index contributed by atoms with van der Waals surface area (Å²) in [7, 11) is 0. The van der Waals surface area contributed by atoms with Crippen LogP contribution in [0.2, 0.25) is 0 Å². The van der Waals surface area contributed by atoms with Crippen molar-refractivity contribution in [2.75, 3.05) is 13.1 Å². The Morgan fingerprint density at radius 2 is 1.82 bits per heavy atom. The highest BCUT2D eigenvalue weighted by atomic mass is 79.9. The first-order valence-corrected chi connectivity index (χ1v) is 13.5. The molecule has 200 valence electrons. The van der Waals surface area contributed by atoms with Gasteiger partial charge >= 0.3 is 0 Å². The van der Waals surface area contributed by atoms with Crippen molar-refractivity contribution < 1.29 is 13.6 Å². The molecule has 2 heterocycles. The van der Waals surface area contributed by atoms with Crippen LogP contribution in [-0.4, -0.2) is 33.4 Å². The number of nitrogens with zero attached hydrogens (tertiary/aromatic N) is 3. The Morgan fingerprint density at radius 1 is 1.10 bits per heavy atom. The van der Waals surface area contributed by atoms with Crippen LogP contribution in [0.4, 0.5) is 4.39 Å². The zero-order valence-corrected chi connectivity index (χ0v) is 23.2. The average Bonchev–Trinajstić information content (AvgIpc) is 3.29. The van der Waals surface area contributed by atoms with Gasteiger partial charge in [-0.25, -0.2) is 9.37 Å². The lowest BCUT2D eigenvalue weighted by Gasteiger charge is -2.35. The van der Waals surface area contributed by atoms with Crippen LogP contribution in [0.25, 0.3) is 22.1 Å². The van der Waals surface area contributed by atoms with E-state index in [1.165, 1.54) is 18.2 Å². The molecule has 7 nitrogen and oxygen atoms in total. The van der Waals surface area contributed by atoms with E-state index < -0.39 is 17.4 Å². The summed E-state index contributed by atoms with van der Waals surface area (Å²) in [6, 6.07) is 20.1. The number of aromatic nitrogens is 2. The molecular formula is C30H28BrFN4O3. The third-order valence-electron chi connectivity index (χ3n) is 6.70. The largest absolute Gasteiger partial charge is 0.448 e. The molecule has 0 bridgehead atoms. The Morgan fingerprint density at radius 3 is 2.49 bits per heavy atom. The van der Waals surface area contributed by atoms with Gasteiger partial charge in [-0.15, -0.1) is 0 Å². The Bertz CT molecular complexity index is 1700. The molecule has 0 aliphatic heterocycles. The molecule has 3 aromatic carbocycles. The van der Waals surface area contributed by atoms with E-state index in [9.17, 15) is 14.0 Å². The van der Waals surface area contributed by atoms with Gasteiger partial charge < -0.3 is 15.1 Å². The average molecular weight is 591 g/mol. The molecule has 2 aromatic heterocycles. The first kappa shape index (κ1) is 26.8. The van der Waals surface area contributed by atoms with Crippen LogP contribution in [0.1, 0.15) is 41.6 Å². The Balaban J connectivity index is 1.76. The first-order valence-electron chi connectivity index (χ1n) is 12.7. The highest BCUT2D eigenvalue weighted by Crippen LogP contribution is 2.32. The van der Waals surface area contributed by atoms with Gasteiger partial charge in [0, 0.05) is 28.5 Å². The zero-order chi connectivity index (χ0) is 27.7. The topological polar surface area (TPSA) is 94.4 Å². The summed E-state index contributed by atoms with van der Waals surface area (Å²) in [5, 5.41) is 0.405. The van der Waals surface area contributed by atoms with Gasteiger partial charge in [-0.05, 0) is 53.9 Å². The molecule has 0 saturated heterocycles. The fourth-order valence-corrected chi connectivity index (χ4v) is 5.19. The van der Waals surface area contributed by atoms with E-state index in [2.05, 4.69) is 15.9 Å². The van der Waals surface area contributed by atoms with Gasteiger partial charge in [-0.2, -0.15) is 0 Å². The molecule has 0 aliphatic carbocycles. The number of furan rings is 1. The molecule has 0 fully saturated rings. The maximum atomic E-state index is 14.2. The molecule has 0 aliphatic rings. The molecule has 1 atom stereocenters. The molecule has 1 amide bonds. The van der Waals surface area contributed by atoms with E-state index in [-0.39, 0.29) is 42.6 Å². The number of nitrogens with two attached hydrogens (primary N) is 1. The highest BCUT2D eigenvalue weighted by Gasteiger charge is 2.33. The minimum atomic E-state index is -0.607. The minimum Gasteiger partial charge on any atom is -0.448 e. The van der Waals surface area contributed by atoms with Gasteiger partial charge in [-0.3, -0.25) is 14.2 Å². The quantitative estimate of drug-likeness (QED) is 0.243. The lowest BCUT2D eigenvalue weighted by molar-refractivity contribution is 0.0612. The molecule has 0 spiro atoms. The summed E-state index contributed by atoms with van der Waals surface area (Å²) in [6.45, 7) is 4.63. The summed E-state index contributed by atoms with van der Waals surface area (Å²) >= 11 is 3.42. The fraction of sp³-hybridized carbons (Fsp3) is 0.233. The third kappa shape index (κ3) is 5.24. The maximum absolute atomic E-state index is 14.2. The standard InChI is InChI=1S/C30H28BrFN4O3/c1-18(2)26(35(15-14-33)29(37)20-8-10-21(31)11-9-20)28-34-25-23-16-22(32)12-13-24(23)39-27(25)30(38)36(28)17-19-6-4-3-5-7-19/h3-13,16,18,26H,14-15,17,33H2,1-2H3. The molecule has 5 rings (SSSR count). The van der Waals surface area contributed by atoms with Crippen LogP contribution >= 0.6 is 15.9 Å². The number of amides is 1. The van der Waals surface area contributed by atoms with E-state index in [0.717, 1.165) is 10.0 Å². The number of rotatable bonds is 8. The monoisotopic (exact) mass is 590 g/mol. The van der Waals surface area contributed by atoms with Crippen LogP contribution in [0.5, 0.6) is 0 Å². The second-order valence-corrected chi connectivity index (χ2v) is 10.7. The summed E-state index contributed by atoms with van der Waals surface area (Å²) < 4.78 is 22.5. The van der Waals surface area contributed by atoms with E-state index in [1.54, 1.807) is 33.7 Å². The van der Waals surface area contributed by atoms with Crippen LogP contribution < -0.4 is 11.3 Å². The number of carbonyl (C=O) groups is 1. The molecule has 39 heavy (non-hydrogen) atoms. The van der Waals surface area contributed by atoms with Gasteiger partial charge in [0.1, 0.15) is 22.7 Å². The Hall–Kier alpha value is -3.82. The van der Waals surface area contributed by atoms with Gasteiger partial charge in [0.05, 0.1) is 12.6 Å². The molecule has 0 saturated carbocycles. The van der Waals surface area contributed by atoms with E-state index >= 15 is 0 Å². The number of hydrogen-bond acceptors (Lipinski definition) is 5. The zero-order valence-electron chi connectivity index (χ0n) is 21.6. The highest BCUT2D eigenvalue weighted by molar-refractivity contribution is 9.10. The Kier molecular flexibility index (Phi) is 7.63. The van der Waals surface area contributed by atoms with Crippen LogP contribution in [0.3, 0.4) is 0 Å². The molecule has 2 N–H and O–H groups in total. The fourth-order valence-electron chi connectivity index (χ4n) is 4.92. The van der Waals surface area contributed by atoms with Crippen molar-refractivity contribution in [3.63, 3.8) is 0 Å². The second kappa shape index (κ2) is 11.1. The number of benzene rings is 3. The predicted molar refractivity (Wildman–Crippen MR) is 153 cm³/mol. The van der Waals surface area contributed by atoms with Crippen molar-refractivity contribution >= 4 is 43.9 Å². The maximum Gasteiger partial charge on any atom is 0.297 e. The first-order chi connectivity index (χ1) is 18.8. The van der Waals surface area contributed by atoms with Crippen LogP contribution in [0, 0.1) is 11.7 Å². The number of halogens is 2. The SMILES string of the molecule is CC(C)C(c1nc2c(oc3ccc(F)cc32)c(=O)n1Cc1ccccc1)N(CCN)C(=O)c1ccc(Br)cc1. The van der Waals surface area contributed by atoms with Gasteiger partial charge in [0.25, 0.3) is 11.5 Å². The van der Waals surface area contributed by atoms with E-state index in [1.807, 2.05) is 44.2 Å². The normalized spacial score (nSPS) is 12.4. The lowest BCUT2D eigenvalue weighted by Crippen LogP contribution is -2.43. The van der Waals surface area contributed by atoms with Gasteiger partial charge in [0.15, 0.2) is 0 Å². The third-order valence-corrected chi connectivity index (χ3v) is 7.23. The minimum absolute atomic E-state index is 0.0439. The van der Waals surface area contributed by atoms with Crippen molar-refractivity contribution in [2.24, 2.45) is 11.7 Å². The molecule has 5 aromatic rings. The van der Waals surface area contributed by atoms with Crippen molar-refractivity contribution in [3.05, 3.63) is 110 Å². The van der Waals surface area contributed by atoms with Crippen LogP contribution in [0.15, 0.2) is 86.5 Å². The van der Waals surface area contributed by atoms with Gasteiger partial charge in [0.2, 0.25) is 5.58 Å². The molecule has 0 radical (unpaired) electrons. The summed E-state index contributed by atoms with van der Waals surface area (Å²) in [6.07, 6.45) is 0. The van der Waals surface area contributed by atoms with Crippen LogP contribution in [-0.2, 0) is 6.54 Å². The van der Waals surface area contributed by atoms with Crippen molar-refractivity contribution in [1.29, 1.82) is 0 Å². The summed E-state index contributed by atoms with van der Waals surface area (Å²) in [5.74, 6) is -0.442. The Labute approximate surface area is 233 Å².